The molecule has 1 aromatic rings. The Bertz CT molecular complexity index is 484. The number of rotatable bonds is 7. The molecule has 0 aromatic heterocycles. The summed E-state index contributed by atoms with van der Waals surface area (Å²) < 4.78 is 5.26. The second-order valence-corrected chi connectivity index (χ2v) is 6.45. The number of likely N-dealkylation sites (tertiary alicyclic amines) is 1. The summed E-state index contributed by atoms with van der Waals surface area (Å²) in [5.74, 6) is 0.396. The predicted molar refractivity (Wildman–Crippen MR) is 91.4 cm³/mol. The Hall–Kier alpha value is -1.10. The molecule has 0 saturated carbocycles. The van der Waals surface area contributed by atoms with Gasteiger partial charge in [-0.2, -0.15) is 0 Å². The Balaban J connectivity index is 1.76. The number of benzene rings is 1. The van der Waals surface area contributed by atoms with Crippen molar-refractivity contribution in [2.75, 3.05) is 26.3 Å². The van der Waals surface area contributed by atoms with Crippen molar-refractivity contribution in [1.82, 2.24) is 4.90 Å². The molecule has 0 radical (unpaired) electrons. The van der Waals surface area contributed by atoms with Crippen molar-refractivity contribution in [2.24, 2.45) is 5.92 Å². The minimum absolute atomic E-state index is 0.198. The van der Waals surface area contributed by atoms with Crippen LogP contribution in [0.15, 0.2) is 24.3 Å². The van der Waals surface area contributed by atoms with E-state index in [-0.39, 0.29) is 11.8 Å². The largest absolute Gasteiger partial charge is 0.388 e. The molecular formula is C18H26ClNO3. The molecule has 5 heteroatoms. The van der Waals surface area contributed by atoms with Crippen molar-refractivity contribution in [3.05, 3.63) is 34.9 Å². The zero-order chi connectivity index (χ0) is 16.7. The van der Waals surface area contributed by atoms with Crippen molar-refractivity contribution < 1.29 is 14.6 Å². The maximum absolute atomic E-state index is 12.1. The molecule has 1 fully saturated rings. The van der Waals surface area contributed by atoms with Crippen molar-refractivity contribution in [3.8, 4) is 0 Å². The number of ether oxygens (including phenoxy) is 1. The average molecular weight is 340 g/mol. The molecule has 0 spiro atoms. The number of nitrogens with zero attached hydrogens (tertiary/aromatic N) is 1. The molecule has 4 nitrogen and oxygen atoms in total. The molecule has 0 aliphatic carbocycles. The van der Waals surface area contributed by atoms with Gasteiger partial charge in [-0.15, -0.1) is 0 Å². The van der Waals surface area contributed by atoms with Crippen LogP contribution in [0.4, 0.5) is 0 Å². The number of carbonyl (C=O) groups excluding carboxylic acids is 1. The number of amides is 1. The molecule has 1 amide bonds. The molecule has 2 rings (SSSR count). The van der Waals surface area contributed by atoms with E-state index >= 15 is 0 Å². The predicted octanol–water partition coefficient (Wildman–Crippen LogP) is 3.43. The van der Waals surface area contributed by atoms with Gasteiger partial charge in [0.1, 0.15) is 0 Å². The molecule has 1 heterocycles. The van der Waals surface area contributed by atoms with E-state index in [0.29, 0.717) is 24.7 Å². The van der Waals surface area contributed by atoms with Gasteiger partial charge in [0.2, 0.25) is 5.91 Å². The zero-order valence-electron chi connectivity index (χ0n) is 13.7. The first-order valence-corrected chi connectivity index (χ1v) is 8.78. The topological polar surface area (TPSA) is 49.8 Å². The van der Waals surface area contributed by atoms with Crippen LogP contribution in [0, 0.1) is 5.92 Å². The highest BCUT2D eigenvalue weighted by Crippen LogP contribution is 2.31. The van der Waals surface area contributed by atoms with Crippen LogP contribution >= 0.6 is 11.6 Å². The second kappa shape index (κ2) is 9.26. The summed E-state index contributed by atoms with van der Waals surface area (Å²) >= 11 is 5.88. The van der Waals surface area contributed by atoms with E-state index in [2.05, 4.69) is 0 Å². The van der Waals surface area contributed by atoms with Crippen LogP contribution in [0.5, 0.6) is 0 Å². The number of piperidine rings is 1. The quantitative estimate of drug-likeness (QED) is 0.774. The molecular weight excluding hydrogens is 314 g/mol. The van der Waals surface area contributed by atoms with E-state index in [9.17, 15) is 9.90 Å². The Kier molecular flexibility index (Phi) is 7.34. The van der Waals surface area contributed by atoms with Gasteiger partial charge in [0.05, 0.1) is 6.10 Å². The standard InChI is InChI=1S/C18H26ClNO3/c1-2-23-13-3-4-17(21)20-11-9-15(10-12-20)18(22)14-5-7-16(19)8-6-14/h5-8,15,18,22H,2-4,9-13H2,1H3/t18-/m0/s1. The van der Waals surface area contributed by atoms with Crippen LogP contribution in [0.2, 0.25) is 5.02 Å². The monoisotopic (exact) mass is 339 g/mol. The highest BCUT2D eigenvalue weighted by Gasteiger charge is 2.27. The third-order valence-electron chi connectivity index (χ3n) is 4.43. The van der Waals surface area contributed by atoms with Gasteiger partial charge < -0.3 is 14.7 Å². The number of halogens is 1. The summed E-state index contributed by atoms with van der Waals surface area (Å²) in [7, 11) is 0. The van der Waals surface area contributed by atoms with Gasteiger partial charge >= 0.3 is 0 Å². The molecule has 1 aliphatic rings. The van der Waals surface area contributed by atoms with Crippen molar-refractivity contribution in [1.29, 1.82) is 0 Å². The lowest BCUT2D eigenvalue weighted by atomic mass is 9.87. The van der Waals surface area contributed by atoms with Gasteiger partial charge in [0.25, 0.3) is 0 Å². The fourth-order valence-electron chi connectivity index (χ4n) is 3.02. The van der Waals surface area contributed by atoms with E-state index < -0.39 is 6.10 Å². The number of aliphatic hydroxyl groups is 1. The van der Waals surface area contributed by atoms with Crippen LogP contribution < -0.4 is 0 Å². The number of aliphatic hydroxyl groups excluding tert-OH is 1. The van der Waals surface area contributed by atoms with Gasteiger partial charge in [0.15, 0.2) is 0 Å². The Morgan fingerprint density at radius 1 is 1.35 bits per heavy atom. The number of hydrogen-bond donors (Lipinski definition) is 1. The number of hydrogen-bond acceptors (Lipinski definition) is 3. The second-order valence-electron chi connectivity index (χ2n) is 6.02. The fourth-order valence-corrected chi connectivity index (χ4v) is 3.15. The number of carbonyl (C=O) groups is 1. The van der Waals surface area contributed by atoms with E-state index in [4.69, 9.17) is 16.3 Å². The third-order valence-corrected chi connectivity index (χ3v) is 4.69. The average Bonchev–Trinajstić information content (AvgIpc) is 2.59. The lowest BCUT2D eigenvalue weighted by Crippen LogP contribution is -2.39. The maximum Gasteiger partial charge on any atom is 0.222 e. The maximum atomic E-state index is 12.1. The van der Waals surface area contributed by atoms with Crippen LogP contribution in [-0.2, 0) is 9.53 Å². The normalized spacial score (nSPS) is 17.3. The van der Waals surface area contributed by atoms with E-state index in [1.165, 1.54) is 0 Å². The molecule has 1 aliphatic heterocycles. The molecule has 1 atom stereocenters. The SMILES string of the molecule is CCOCCCC(=O)N1CCC([C@@H](O)c2ccc(Cl)cc2)CC1. The fraction of sp³-hybridized carbons (Fsp3) is 0.611. The Labute approximate surface area is 143 Å². The molecule has 1 aromatic carbocycles. The lowest BCUT2D eigenvalue weighted by molar-refractivity contribution is -0.133. The summed E-state index contributed by atoms with van der Waals surface area (Å²) in [5.41, 5.74) is 0.899. The summed E-state index contributed by atoms with van der Waals surface area (Å²) in [6.07, 6.45) is 2.51. The zero-order valence-corrected chi connectivity index (χ0v) is 14.5. The van der Waals surface area contributed by atoms with Crippen molar-refractivity contribution in [2.45, 2.75) is 38.7 Å². The summed E-state index contributed by atoms with van der Waals surface area (Å²) in [5, 5.41) is 11.2. The summed E-state index contributed by atoms with van der Waals surface area (Å²) in [6.45, 7) is 4.75. The van der Waals surface area contributed by atoms with Gasteiger partial charge in [-0.25, -0.2) is 0 Å². The minimum atomic E-state index is -0.484. The highest BCUT2D eigenvalue weighted by molar-refractivity contribution is 6.30. The first-order chi connectivity index (χ1) is 11.1. The molecule has 0 bridgehead atoms. The molecule has 128 valence electrons. The Morgan fingerprint density at radius 2 is 2.00 bits per heavy atom. The summed E-state index contributed by atoms with van der Waals surface area (Å²) in [6, 6.07) is 7.35. The van der Waals surface area contributed by atoms with Crippen LogP contribution in [0.1, 0.15) is 44.3 Å². The van der Waals surface area contributed by atoms with Crippen molar-refractivity contribution in [3.63, 3.8) is 0 Å². The van der Waals surface area contributed by atoms with Crippen molar-refractivity contribution >= 4 is 17.5 Å². The van der Waals surface area contributed by atoms with E-state index in [1.807, 2.05) is 24.0 Å². The lowest BCUT2D eigenvalue weighted by Gasteiger charge is -2.34. The molecule has 0 unspecified atom stereocenters. The first kappa shape index (κ1) is 18.2. The molecule has 1 saturated heterocycles. The smallest absolute Gasteiger partial charge is 0.222 e. The van der Waals surface area contributed by atoms with Gasteiger partial charge in [0, 0.05) is 37.7 Å². The first-order valence-electron chi connectivity index (χ1n) is 8.41. The molecule has 1 N–H and O–H groups in total. The van der Waals surface area contributed by atoms with E-state index in [0.717, 1.165) is 37.9 Å². The van der Waals surface area contributed by atoms with Crippen LogP contribution in [0.3, 0.4) is 0 Å². The minimum Gasteiger partial charge on any atom is -0.388 e. The third kappa shape index (κ3) is 5.48. The van der Waals surface area contributed by atoms with Crippen LogP contribution in [0.25, 0.3) is 0 Å². The molecule has 23 heavy (non-hydrogen) atoms. The summed E-state index contributed by atoms with van der Waals surface area (Å²) in [4.78, 5) is 14.1. The van der Waals surface area contributed by atoms with Gasteiger partial charge in [-0.05, 0) is 49.8 Å². The van der Waals surface area contributed by atoms with Gasteiger partial charge in [-0.3, -0.25) is 4.79 Å². The van der Waals surface area contributed by atoms with E-state index in [1.54, 1.807) is 12.1 Å². The van der Waals surface area contributed by atoms with Crippen LogP contribution in [-0.4, -0.2) is 42.2 Å². The van der Waals surface area contributed by atoms with Gasteiger partial charge in [-0.1, -0.05) is 23.7 Å². The highest BCUT2D eigenvalue weighted by atomic mass is 35.5. The Morgan fingerprint density at radius 3 is 2.61 bits per heavy atom.